The predicted molar refractivity (Wildman–Crippen MR) is 96.6 cm³/mol. The summed E-state index contributed by atoms with van der Waals surface area (Å²) in [5, 5.41) is 2.97. The fraction of sp³-hybridized carbons (Fsp3) is 0.722. The number of nitrogens with one attached hydrogen (secondary N) is 1. The zero-order valence-electron chi connectivity index (χ0n) is 15.1. The smallest absolute Gasteiger partial charge is 0.317 e. The van der Waals surface area contributed by atoms with E-state index in [0.717, 1.165) is 25.5 Å². The van der Waals surface area contributed by atoms with Gasteiger partial charge in [0.05, 0.1) is 12.7 Å². The highest BCUT2D eigenvalue weighted by atomic mass is 16.5. The molecule has 1 saturated carbocycles. The number of carbonyl (C=O) groups is 1. The number of anilines is 1. The molecule has 1 aliphatic carbocycles. The van der Waals surface area contributed by atoms with Gasteiger partial charge in [-0.2, -0.15) is 0 Å². The lowest BCUT2D eigenvalue weighted by Crippen LogP contribution is -2.52. The molecule has 2 aliphatic rings. The van der Waals surface area contributed by atoms with Crippen molar-refractivity contribution in [3.63, 3.8) is 0 Å². The maximum atomic E-state index is 12.3. The summed E-state index contributed by atoms with van der Waals surface area (Å²) in [4.78, 5) is 24.7. The lowest BCUT2D eigenvalue weighted by Gasteiger charge is -2.34. The lowest BCUT2D eigenvalue weighted by molar-refractivity contribution is -0.00272. The maximum Gasteiger partial charge on any atom is 0.317 e. The molecule has 1 aromatic heterocycles. The Morgan fingerprint density at radius 1 is 1.20 bits per heavy atom. The van der Waals surface area contributed by atoms with Gasteiger partial charge in [-0.3, -0.25) is 0 Å². The van der Waals surface area contributed by atoms with Crippen LogP contribution < -0.4 is 10.2 Å². The Bertz CT molecular complexity index is 534. The summed E-state index contributed by atoms with van der Waals surface area (Å²) >= 11 is 0. The number of amides is 2. The minimum absolute atomic E-state index is 0.00563. The summed E-state index contributed by atoms with van der Waals surface area (Å²) in [6.07, 6.45) is 8.84. The molecule has 7 nitrogen and oxygen atoms in total. The maximum absolute atomic E-state index is 12.3. The number of aromatic nitrogens is 2. The van der Waals surface area contributed by atoms with Gasteiger partial charge in [0.15, 0.2) is 0 Å². The molecule has 138 valence electrons. The summed E-state index contributed by atoms with van der Waals surface area (Å²) < 4.78 is 5.95. The van der Waals surface area contributed by atoms with Crippen LogP contribution >= 0.6 is 0 Å². The normalized spacial score (nSPS) is 24.2. The van der Waals surface area contributed by atoms with Crippen molar-refractivity contribution in [3.05, 3.63) is 18.5 Å². The molecule has 2 amide bonds. The minimum Gasteiger partial charge on any atom is -0.376 e. The van der Waals surface area contributed by atoms with Gasteiger partial charge in [-0.05, 0) is 24.8 Å². The van der Waals surface area contributed by atoms with Crippen LogP contribution in [0.1, 0.15) is 32.6 Å². The molecular weight excluding hydrogens is 318 g/mol. The largest absolute Gasteiger partial charge is 0.376 e. The minimum atomic E-state index is -0.00563. The van der Waals surface area contributed by atoms with Crippen LogP contribution in [0.15, 0.2) is 18.5 Å². The van der Waals surface area contributed by atoms with E-state index in [-0.39, 0.29) is 6.03 Å². The number of hydrogen-bond acceptors (Lipinski definition) is 5. The third-order valence-electron chi connectivity index (χ3n) is 5.14. The molecule has 2 atom stereocenters. The third kappa shape index (κ3) is 5.04. The van der Waals surface area contributed by atoms with Crippen molar-refractivity contribution in [1.82, 2.24) is 20.2 Å². The van der Waals surface area contributed by atoms with E-state index in [4.69, 9.17) is 4.74 Å². The number of rotatable bonds is 5. The molecule has 3 rings (SSSR count). The molecule has 1 saturated heterocycles. The van der Waals surface area contributed by atoms with E-state index in [1.54, 1.807) is 12.4 Å². The first-order chi connectivity index (χ1) is 12.2. The van der Waals surface area contributed by atoms with Crippen molar-refractivity contribution in [2.24, 2.45) is 5.92 Å². The van der Waals surface area contributed by atoms with Crippen molar-refractivity contribution >= 4 is 12.0 Å². The number of piperazine rings is 1. The molecule has 1 N–H and O–H groups in total. The molecular formula is C18H29N5O2. The second-order valence-electron chi connectivity index (χ2n) is 6.93. The fourth-order valence-corrected chi connectivity index (χ4v) is 3.57. The predicted octanol–water partition coefficient (Wildman–Crippen LogP) is 1.90. The van der Waals surface area contributed by atoms with Gasteiger partial charge in [-0.15, -0.1) is 0 Å². The van der Waals surface area contributed by atoms with Crippen LogP contribution in [0.3, 0.4) is 0 Å². The third-order valence-corrected chi connectivity index (χ3v) is 5.14. The van der Waals surface area contributed by atoms with Crippen LogP contribution in [0, 0.1) is 5.92 Å². The average Bonchev–Trinajstić information content (AvgIpc) is 2.67. The van der Waals surface area contributed by atoms with Gasteiger partial charge in [0.2, 0.25) is 5.95 Å². The Labute approximate surface area is 149 Å². The van der Waals surface area contributed by atoms with Crippen LogP contribution in [-0.4, -0.2) is 66.3 Å². The SMILES string of the molecule is C[C@H]1CCCC[C@@H]1OCCNC(=O)N1CCN(c2ncccn2)CC1. The van der Waals surface area contributed by atoms with Crippen molar-refractivity contribution in [2.45, 2.75) is 38.7 Å². The highest BCUT2D eigenvalue weighted by Crippen LogP contribution is 2.25. The Balaban J connectivity index is 1.33. The quantitative estimate of drug-likeness (QED) is 0.824. The Morgan fingerprint density at radius 3 is 2.64 bits per heavy atom. The monoisotopic (exact) mass is 347 g/mol. The number of nitrogens with zero attached hydrogens (tertiary/aromatic N) is 4. The zero-order chi connectivity index (χ0) is 17.5. The molecule has 2 heterocycles. The Morgan fingerprint density at radius 2 is 1.92 bits per heavy atom. The zero-order valence-corrected chi connectivity index (χ0v) is 15.1. The molecule has 1 aromatic rings. The van der Waals surface area contributed by atoms with Gasteiger partial charge in [0.1, 0.15) is 0 Å². The Kier molecular flexibility index (Phi) is 6.44. The van der Waals surface area contributed by atoms with E-state index in [0.29, 0.717) is 38.3 Å². The van der Waals surface area contributed by atoms with Gasteiger partial charge < -0.3 is 19.9 Å². The van der Waals surface area contributed by atoms with Gasteiger partial charge in [0, 0.05) is 45.1 Å². The summed E-state index contributed by atoms with van der Waals surface area (Å²) in [7, 11) is 0. The summed E-state index contributed by atoms with van der Waals surface area (Å²) in [5.74, 6) is 1.37. The van der Waals surface area contributed by atoms with Gasteiger partial charge >= 0.3 is 6.03 Å². The second kappa shape index (κ2) is 8.99. The number of hydrogen-bond donors (Lipinski definition) is 1. The van der Waals surface area contributed by atoms with Crippen LogP contribution in [0.5, 0.6) is 0 Å². The summed E-state index contributed by atoms with van der Waals surface area (Å²) in [5.41, 5.74) is 0. The topological polar surface area (TPSA) is 70.6 Å². The summed E-state index contributed by atoms with van der Waals surface area (Å²) in [6, 6.07) is 1.80. The van der Waals surface area contributed by atoms with Crippen LogP contribution in [0.2, 0.25) is 0 Å². The van der Waals surface area contributed by atoms with Gasteiger partial charge in [0.25, 0.3) is 0 Å². The van der Waals surface area contributed by atoms with Crippen molar-refractivity contribution in [2.75, 3.05) is 44.2 Å². The molecule has 2 fully saturated rings. The molecule has 0 aromatic carbocycles. The van der Waals surface area contributed by atoms with E-state index in [2.05, 4.69) is 27.1 Å². The van der Waals surface area contributed by atoms with E-state index >= 15 is 0 Å². The molecule has 0 bridgehead atoms. The molecule has 0 spiro atoms. The first-order valence-corrected chi connectivity index (χ1v) is 9.40. The Hall–Kier alpha value is -1.89. The molecule has 25 heavy (non-hydrogen) atoms. The molecule has 0 unspecified atom stereocenters. The van der Waals surface area contributed by atoms with Crippen LogP contribution in [0.4, 0.5) is 10.7 Å². The number of ether oxygens (including phenoxy) is 1. The van der Waals surface area contributed by atoms with Crippen molar-refractivity contribution in [3.8, 4) is 0 Å². The summed E-state index contributed by atoms with van der Waals surface area (Å²) in [6.45, 7) is 6.32. The van der Waals surface area contributed by atoms with Crippen molar-refractivity contribution < 1.29 is 9.53 Å². The highest BCUT2D eigenvalue weighted by molar-refractivity contribution is 5.74. The first kappa shape index (κ1) is 17.9. The van der Waals surface area contributed by atoms with Gasteiger partial charge in [-0.1, -0.05) is 19.8 Å². The van der Waals surface area contributed by atoms with E-state index < -0.39 is 0 Å². The standard InChI is InChI=1S/C18H29N5O2/c1-15-5-2-3-6-16(15)25-14-9-21-18(24)23-12-10-22(11-13-23)17-19-7-4-8-20-17/h4,7-8,15-16H,2-3,5-6,9-14H2,1H3,(H,21,24)/t15-,16-/m0/s1. The second-order valence-corrected chi connectivity index (χ2v) is 6.93. The van der Waals surface area contributed by atoms with E-state index in [1.807, 2.05) is 11.0 Å². The van der Waals surface area contributed by atoms with Crippen LogP contribution in [0.25, 0.3) is 0 Å². The molecule has 1 aliphatic heterocycles. The van der Waals surface area contributed by atoms with E-state index in [1.165, 1.54) is 19.3 Å². The molecule has 7 heteroatoms. The lowest BCUT2D eigenvalue weighted by atomic mass is 9.88. The van der Waals surface area contributed by atoms with Gasteiger partial charge in [-0.25, -0.2) is 14.8 Å². The van der Waals surface area contributed by atoms with E-state index in [9.17, 15) is 4.79 Å². The van der Waals surface area contributed by atoms with Crippen LogP contribution in [-0.2, 0) is 4.74 Å². The molecule has 0 radical (unpaired) electrons. The average molecular weight is 347 g/mol. The number of urea groups is 1. The first-order valence-electron chi connectivity index (χ1n) is 9.40. The highest BCUT2D eigenvalue weighted by Gasteiger charge is 2.23. The number of carbonyl (C=O) groups excluding carboxylic acids is 1. The van der Waals surface area contributed by atoms with Crippen molar-refractivity contribution in [1.29, 1.82) is 0 Å². The fourth-order valence-electron chi connectivity index (χ4n) is 3.57.